The summed E-state index contributed by atoms with van der Waals surface area (Å²) in [5.41, 5.74) is 0. The van der Waals surface area contributed by atoms with Crippen LogP contribution in [0.4, 0.5) is 13.2 Å². The Kier molecular flexibility index (Phi) is 2.07. The van der Waals surface area contributed by atoms with Crippen LogP contribution in [0, 0.1) is 0 Å². The lowest BCUT2D eigenvalue weighted by Gasteiger charge is -2.08. The quantitative estimate of drug-likeness (QED) is 0.515. The summed E-state index contributed by atoms with van der Waals surface area (Å²) in [5.74, 6) is -2.29. The molecule has 0 radical (unpaired) electrons. The molecule has 0 aromatic carbocycles. The van der Waals surface area contributed by atoms with Crippen LogP contribution in [0.2, 0.25) is 0 Å². The summed E-state index contributed by atoms with van der Waals surface area (Å²) in [7, 11) is -5.16. The third-order valence-corrected chi connectivity index (χ3v) is 1.02. The third kappa shape index (κ3) is 7.70. The lowest BCUT2D eigenvalue weighted by Crippen LogP contribution is -2.21. The molecule has 0 rings (SSSR count). The highest BCUT2D eigenvalue weighted by atomic mass is 32.2. The summed E-state index contributed by atoms with van der Waals surface area (Å²) >= 11 is 0. The van der Waals surface area contributed by atoms with Crippen LogP contribution in [-0.2, 0) is 10.1 Å². The molecule has 0 aliphatic carbocycles. The minimum Gasteiger partial charge on any atom is -0.748 e. The van der Waals surface area contributed by atoms with Gasteiger partial charge in [0.1, 0.15) is 15.9 Å². The van der Waals surface area contributed by atoms with Gasteiger partial charge in [-0.05, 0) is 0 Å². The normalized spacial score (nSPS) is 13.8. The minimum atomic E-state index is -5.16. The van der Waals surface area contributed by atoms with Gasteiger partial charge in [-0.2, -0.15) is 13.2 Å². The van der Waals surface area contributed by atoms with Crippen molar-refractivity contribution in [2.45, 2.75) is 6.18 Å². The van der Waals surface area contributed by atoms with Crippen LogP contribution in [-0.4, -0.2) is 24.9 Å². The van der Waals surface area contributed by atoms with E-state index in [4.69, 9.17) is 0 Å². The molecule has 0 saturated carbocycles. The Hall–Kier alpha value is -0.300. The van der Waals surface area contributed by atoms with Gasteiger partial charge in [0.25, 0.3) is 0 Å². The van der Waals surface area contributed by atoms with Crippen molar-refractivity contribution in [2.75, 3.05) is 5.75 Å². The molecular formula is C2H2F3O3S-. The Morgan fingerprint density at radius 1 is 1.33 bits per heavy atom. The maximum atomic E-state index is 11.0. The second kappa shape index (κ2) is 2.14. The zero-order valence-corrected chi connectivity index (χ0v) is 4.79. The lowest BCUT2D eigenvalue weighted by atomic mass is 10.8. The molecule has 0 aliphatic heterocycles. The van der Waals surface area contributed by atoms with Gasteiger partial charge in [0.05, 0.1) is 0 Å². The molecule has 0 aliphatic rings. The molecule has 7 heteroatoms. The third-order valence-electron chi connectivity index (χ3n) is 0.340. The highest BCUT2D eigenvalue weighted by molar-refractivity contribution is 7.85. The molecule has 0 atom stereocenters. The summed E-state index contributed by atoms with van der Waals surface area (Å²) in [6, 6.07) is 0. The second-order valence-corrected chi connectivity index (χ2v) is 2.72. The van der Waals surface area contributed by atoms with E-state index in [0.717, 1.165) is 0 Å². The van der Waals surface area contributed by atoms with Crippen molar-refractivity contribution in [3.63, 3.8) is 0 Å². The number of hydrogen-bond acceptors (Lipinski definition) is 3. The van der Waals surface area contributed by atoms with Gasteiger partial charge in [-0.3, -0.25) is 0 Å². The zero-order valence-electron chi connectivity index (χ0n) is 3.97. The Bertz CT molecular complexity index is 178. The van der Waals surface area contributed by atoms with E-state index in [9.17, 15) is 26.1 Å². The van der Waals surface area contributed by atoms with Gasteiger partial charge in [-0.1, -0.05) is 0 Å². The molecule has 0 bridgehead atoms. The van der Waals surface area contributed by atoms with E-state index in [1.165, 1.54) is 0 Å². The Morgan fingerprint density at radius 3 is 1.67 bits per heavy atom. The van der Waals surface area contributed by atoms with Gasteiger partial charge in [0.2, 0.25) is 0 Å². The first-order valence-electron chi connectivity index (χ1n) is 1.71. The predicted octanol–water partition coefficient (Wildman–Crippen LogP) is 0.0939. The second-order valence-electron chi connectivity index (χ2n) is 1.32. The average molecular weight is 163 g/mol. The monoisotopic (exact) mass is 163 g/mol. The average Bonchev–Trinajstić information content (AvgIpc) is 1.14. The van der Waals surface area contributed by atoms with Crippen molar-refractivity contribution in [3.8, 4) is 0 Å². The molecule has 0 saturated heterocycles. The Labute approximate surface area is 49.2 Å². The lowest BCUT2D eigenvalue weighted by molar-refractivity contribution is -0.107. The summed E-state index contributed by atoms with van der Waals surface area (Å²) in [4.78, 5) is 0. The topological polar surface area (TPSA) is 57.2 Å². The molecule has 0 heterocycles. The van der Waals surface area contributed by atoms with E-state index >= 15 is 0 Å². The highest BCUT2D eigenvalue weighted by Crippen LogP contribution is 2.15. The molecule has 0 unspecified atom stereocenters. The number of halogens is 3. The van der Waals surface area contributed by atoms with E-state index in [-0.39, 0.29) is 0 Å². The first-order chi connectivity index (χ1) is 3.71. The summed E-state index contributed by atoms with van der Waals surface area (Å²) in [6.45, 7) is 0. The number of hydrogen-bond donors (Lipinski definition) is 0. The molecule has 0 N–H and O–H groups in total. The van der Waals surface area contributed by atoms with Crippen LogP contribution in [0.5, 0.6) is 0 Å². The van der Waals surface area contributed by atoms with Gasteiger partial charge in [0, 0.05) is 0 Å². The standard InChI is InChI=1S/C2H3F3O3S/c3-2(4,5)1-9(6,7)8/h1H2,(H,6,7,8)/p-1. The van der Waals surface area contributed by atoms with Crippen molar-refractivity contribution >= 4 is 10.1 Å². The first-order valence-corrected chi connectivity index (χ1v) is 3.29. The fourth-order valence-corrected chi connectivity index (χ4v) is 0.601. The Morgan fingerprint density at radius 2 is 1.67 bits per heavy atom. The predicted molar refractivity (Wildman–Crippen MR) is 20.6 cm³/mol. The zero-order chi connectivity index (χ0) is 7.71. The van der Waals surface area contributed by atoms with Crippen LogP contribution in [0.25, 0.3) is 0 Å². The molecule has 56 valence electrons. The van der Waals surface area contributed by atoms with Gasteiger partial charge >= 0.3 is 6.18 Å². The number of rotatable bonds is 1. The smallest absolute Gasteiger partial charge is 0.401 e. The van der Waals surface area contributed by atoms with Crippen molar-refractivity contribution in [2.24, 2.45) is 0 Å². The summed E-state index contributed by atoms with van der Waals surface area (Å²) in [5, 5.41) is 0. The van der Waals surface area contributed by atoms with Crippen LogP contribution >= 0.6 is 0 Å². The summed E-state index contributed by atoms with van der Waals surface area (Å²) < 4.78 is 61.0. The van der Waals surface area contributed by atoms with Crippen molar-refractivity contribution in [1.29, 1.82) is 0 Å². The van der Waals surface area contributed by atoms with Gasteiger partial charge in [-0.25, -0.2) is 8.42 Å². The van der Waals surface area contributed by atoms with Crippen LogP contribution in [0.1, 0.15) is 0 Å². The van der Waals surface area contributed by atoms with E-state index in [0.29, 0.717) is 0 Å². The molecule has 0 aromatic rings. The first kappa shape index (κ1) is 8.70. The fourth-order valence-electron chi connectivity index (χ4n) is 0.200. The van der Waals surface area contributed by atoms with E-state index in [2.05, 4.69) is 0 Å². The van der Waals surface area contributed by atoms with Crippen molar-refractivity contribution < 1.29 is 26.1 Å². The maximum absolute atomic E-state index is 11.0. The Balaban J connectivity index is 4.07. The molecular weight excluding hydrogens is 161 g/mol. The molecule has 0 fully saturated rings. The van der Waals surface area contributed by atoms with Crippen LogP contribution in [0.15, 0.2) is 0 Å². The minimum absolute atomic E-state index is 2.29. The van der Waals surface area contributed by atoms with E-state index in [1.54, 1.807) is 0 Å². The van der Waals surface area contributed by atoms with Crippen LogP contribution < -0.4 is 0 Å². The fraction of sp³-hybridized carbons (Fsp3) is 1.00. The van der Waals surface area contributed by atoms with Gasteiger partial charge in [-0.15, -0.1) is 0 Å². The molecule has 9 heavy (non-hydrogen) atoms. The van der Waals surface area contributed by atoms with E-state index in [1.807, 2.05) is 0 Å². The SMILES string of the molecule is O=S(=O)([O-])CC(F)(F)F. The van der Waals surface area contributed by atoms with E-state index < -0.39 is 22.0 Å². The van der Waals surface area contributed by atoms with Gasteiger partial charge in [0.15, 0.2) is 0 Å². The molecule has 0 spiro atoms. The largest absolute Gasteiger partial charge is 0.748 e. The molecule has 0 aromatic heterocycles. The number of alkyl halides is 3. The van der Waals surface area contributed by atoms with Crippen LogP contribution in [0.3, 0.4) is 0 Å². The maximum Gasteiger partial charge on any atom is 0.401 e. The van der Waals surface area contributed by atoms with Crippen molar-refractivity contribution in [3.05, 3.63) is 0 Å². The highest BCUT2D eigenvalue weighted by Gasteiger charge is 2.30. The molecule has 3 nitrogen and oxygen atoms in total. The molecule has 0 amide bonds. The summed E-state index contributed by atoms with van der Waals surface area (Å²) in [6.07, 6.45) is -4.92. The van der Waals surface area contributed by atoms with Gasteiger partial charge < -0.3 is 4.55 Å². The van der Waals surface area contributed by atoms with Crippen molar-refractivity contribution in [1.82, 2.24) is 0 Å².